The van der Waals surface area contributed by atoms with E-state index in [9.17, 15) is 9.59 Å². The van der Waals surface area contributed by atoms with E-state index >= 15 is 0 Å². The van der Waals surface area contributed by atoms with Crippen molar-refractivity contribution in [1.82, 2.24) is 14.7 Å². The van der Waals surface area contributed by atoms with Crippen molar-refractivity contribution in [3.8, 4) is 0 Å². The van der Waals surface area contributed by atoms with E-state index in [-0.39, 0.29) is 18.5 Å². The topological polar surface area (TPSA) is 78.3 Å². The van der Waals surface area contributed by atoms with Gasteiger partial charge in [0.15, 0.2) is 0 Å². The van der Waals surface area contributed by atoms with E-state index in [1.165, 1.54) is 0 Å². The van der Waals surface area contributed by atoms with Gasteiger partial charge in [-0.1, -0.05) is 53.5 Å². The Morgan fingerprint density at radius 2 is 1.72 bits per heavy atom. The van der Waals surface area contributed by atoms with Gasteiger partial charge in [0.25, 0.3) is 0 Å². The fraction of sp³-hybridized carbons (Fsp3) is 0.379. The Bertz CT molecular complexity index is 1230. The molecule has 8 nitrogen and oxygen atoms in total. The zero-order valence-electron chi connectivity index (χ0n) is 22.1. The summed E-state index contributed by atoms with van der Waals surface area (Å²) in [7, 11) is 0. The van der Waals surface area contributed by atoms with Gasteiger partial charge in [0.2, 0.25) is 5.91 Å². The first kappa shape index (κ1) is 29.0. The molecule has 0 radical (unpaired) electrons. The zero-order chi connectivity index (χ0) is 27.6. The number of rotatable bonds is 11. The van der Waals surface area contributed by atoms with Gasteiger partial charge in [0.1, 0.15) is 18.1 Å². The number of furan rings is 1. The molecule has 1 saturated heterocycles. The molecule has 2 aromatic carbocycles. The smallest absolute Gasteiger partial charge is 0.322 e. The molecule has 3 amide bonds. The van der Waals surface area contributed by atoms with E-state index in [0.29, 0.717) is 54.3 Å². The first-order valence-electron chi connectivity index (χ1n) is 13.1. The number of hydrogen-bond donors (Lipinski definition) is 1. The SMILES string of the molecule is Cc1ccc(CN(Cc2ccccc2)C(=O)CN(CCCN2CCOCC2)C(=O)Nc2ccc(Cl)c(Cl)c2)o1. The Morgan fingerprint density at radius 3 is 2.41 bits per heavy atom. The van der Waals surface area contributed by atoms with Crippen molar-refractivity contribution in [2.24, 2.45) is 0 Å². The van der Waals surface area contributed by atoms with E-state index in [1.807, 2.05) is 49.4 Å². The molecule has 10 heteroatoms. The van der Waals surface area contributed by atoms with Crippen LogP contribution in [-0.4, -0.2) is 72.6 Å². The molecule has 1 aliphatic rings. The summed E-state index contributed by atoms with van der Waals surface area (Å²) in [6.45, 7) is 6.86. The maximum absolute atomic E-state index is 13.7. The van der Waals surface area contributed by atoms with Crippen LogP contribution in [0, 0.1) is 6.92 Å². The molecule has 1 N–H and O–H groups in total. The Kier molecular flexibility index (Phi) is 10.7. The van der Waals surface area contributed by atoms with E-state index in [4.69, 9.17) is 32.4 Å². The van der Waals surface area contributed by atoms with Crippen LogP contribution in [0.5, 0.6) is 0 Å². The molecule has 0 bridgehead atoms. The van der Waals surface area contributed by atoms with Crippen LogP contribution in [0.2, 0.25) is 10.0 Å². The van der Waals surface area contributed by atoms with E-state index in [2.05, 4.69) is 10.2 Å². The molecule has 0 unspecified atom stereocenters. The molecule has 1 fully saturated rings. The summed E-state index contributed by atoms with van der Waals surface area (Å²) < 4.78 is 11.2. The lowest BCUT2D eigenvalue weighted by Crippen LogP contribution is -2.45. The second-order valence-corrected chi connectivity index (χ2v) is 10.4. The minimum absolute atomic E-state index is 0.0806. The molecule has 3 aromatic rings. The highest BCUT2D eigenvalue weighted by Crippen LogP contribution is 2.25. The van der Waals surface area contributed by atoms with Gasteiger partial charge in [-0.15, -0.1) is 0 Å². The molecule has 0 aliphatic carbocycles. The Labute approximate surface area is 239 Å². The molecule has 0 atom stereocenters. The number of nitrogens with one attached hydrogen (secondary N) is 1. The normalized spacial score (nSPS) is 13.7. The van der Waals surface area contributed by atoms with Crippen LogP contribution < -0.4 is 5.32 Å². The third-order valence-corrected chi connectivity index (χ3v) is 7.24. The summed E-state index contributed by atoms with van der Waals surface area (Å²) in [6.07, 6.45) is 0.720. The summed E-state index contributed by atoms with van der Waals surface area (Å²) in [5.74, 6) is 1.29. The lowest BCUT2D eigenvalue weighted by Gasteiger charge is -2.30. The number of benzene rings is 2. The van der Waals surface area contributed by atoms with Crippen LogP contribution in [0.1, 0.15) is 23.5 Å². The van der Waals surface area contributed by atoms with Crippen LogP contribution in [0.15, 0.2) is 65.1 Å². The van der Waals surface area contributed by atoms with Crippen molar-refractivity contribution in [2.45, 2.75) is 26.4 Å². The molecule has 1 aliphatic heterocycles. The van der Waals surface area contributed by atoms with Crippen LogP contribution in [0.3, 0.4) is 0 Å². The van der Waals surface area contributed by atoms with E-state index < -0.39 is 0 Å². The quantitative estimate of drug-likeness (QED) is 0.320. The first-order valence-corrected chi connectivity index (χ1v) is 13.8. The summed E-state index contributed by atoms with van der Waals surface area (Å²) in [5.41, 5.74) is 1.50. The number of amides is 3. The molecule has 39 heavy (non-hydrogen) atoms. The van der Waals surface area contributed by atoms with Gasteiger partial charge >= 0.3 is 6.03 Å². The van der Waals surface area contributed by atoms with Gasteiger partial charge in [0.05, 0.1) is 29.8 Å². The van der Waals surface area contributed by atoms with Gasteiger partial charge in [-0.2, -0.15) is 0 Å². The standard InChI is InChI=1S/C29H34Cl2N4O4/c1-22-8-10-25(39-22)20-35(19-23-6-3-2-4-7-23)28(36)21-34(13-5-12-33-14-16-38-17-15-33)29(37)32-24-9-11-26(30)27(31)18-24/h2-4,6-11,18H,5,12-17,19-21H2,1H3,(H,32,37). The highest BCUT2D eigenvalue weighted by atomic mass is 35.5. The maximum Gasteiger partial charge on any atom is 0.322 e. The van der Waals surface area contributed by atoms with E-state index in [1.54, 1.807) is 28.0 Å². The largest absolute Gasteiger partial charge is 0.464 e. The molecule has 1 aromatic heterocycles. The average molecular weight is 574 g/mol. The molecule has 4 rings (SSSR count). The van der Waals surface area contributed by atoms with Crippen LogP contribution >= 0.6 is 23.2 Å². The van der Waals surface area contributed by atoms with Crippen molar-refractivity contribution in [3.63, 3.8) is 0 Å². The number of nitrogens with zero attached hydrogens (tertiary/aromatic N) is 3. The summed E-state index contributed by atoms with van der Waals surface area (Å²) in [6, 6.07) is 18.1. The highest BCUT2D eigenvalue weighted by Gasteiger charge is 2.23. The number of ether oxygens (including phenoxy) is 1. The summed E-state index contributed by atoms with van der Waals surface area (Å²) in [5, 5.41) is 3.61. The lowest BCUT2D eigenvalue weighted by atomic mass is 10.2. The second kappa shape index (κ2) is 14.4. The zero-order valence-corrected chi connectivity index (χ0v) is 23.6. The molecular formula is C29H34Cl2N4O4. The Balaban J connectivity index is 1.48. The third kappa shape index (κ3) is 9.00. The monoisotopic (exact) mass is 572 g/mol. The third-order valence-electron chi connectivity index (χ3n) is 6.50. The number of halogens is 2. The Hall–Kier alpha value is -3.04. The van der Waals surface area contributed by atoms with Gasteiger partial charge < -0.3 is 24.3 Å². The predicted molar refractivity (Wildman–Crippen MR) is 153 cm³/mol. The molecule has 0 saturated carbocycles. The summed E-state index contributed by atoms with van der Waals surface area (Å²) >= 11 is 12.2. The fourth-order valence-corrected chi connectivity index (χ4v) is 4.69. The van der Waals surface area contributed by atoms with Gasteiger partial charge in [0, 0.05) is 38.4 Å². The minimum atomic E-state index is -0.378. The predicted octanol–water partition coefficient (Wildman–Crippen LogP) is 5.68. The number of urea groups is 1. The van der Waals surface area contributed by atoms with Crippen molar-refractivity contribution in [2.75, 3.05) is 51.3 Å². The first-order chi connectivity index (χ1) is 18.9. The number of morpholine rings is 1. The maximum atomic E-state index is 13.7. The summed E-state index contributed by atoms with van der Waals surface area (Å²) in [4.78, 5) is 32.6. The van der Waals surface area contributed by atoms with Crippen molar-refractivity contribution < 1.29 is 18.7 Å². The van der Waals surface area contributed by atoms with Crippen LogP contribution in [0.25, 0.3) is 0 Å². The van der Waals surface area contributed by atoms with Crippen molar-refractivity contribution in [1.29, 1.82) is 0 Å². The van der Waals surface area contributed by atoms with E-state index in [0.717, 1.165) is 37.4 Å². The number of carbonyl (C=O) groups is 2. The van der Waals surface area contributed by atoms with Crippen LogP contribution in [-0.2, 0) is 22.6 Å². The highest BCUT2D eigenvalue weighted by molar-refractivity contribution is 6.42. The number of hydrogen-bond acceptors (Lipinski definition) is 5. The molecule has 208 valence electrons. The van der Waals surface area contributed by atoms with Gasteiger partial charge in [-0.05, 0) is 49.2 Å². The molecule has 2 heterocycles. The minimum Gasteiger partial charge on any atom is -0.464 e. The lowest BCUT2D eigenvalue weighted by molar-refractivity contribution is -0.133. The molecule has 0 spiro atoms. The number of anilines is 1. The Morgan fingerprint density at radius 1 is 0.949 bits per heavy atom. The molecular weight excluding hydrogens is 539 g/mol. The van der Waals surface area contributed by atoms with Crippen molar-refractivity contribution in [3.05, 3.63) is 87.8 Å². The average Bonchev–Trinajstić information content (AvgIpc) is 3.35. The number of carbonyl (C=O) groups excluding carboxylic acids is 2. The second-order valence-electron chi connectivity index (χ2n) is 9.54. The number of aryl methyl sites for hydroxylation is 1. The fourth-order valence-electron chi connectivity index (χ4n) is 4.40. The van der Waals surface area contributed by atoms with Crippen LogP contribution in [0.4, 0.5) is 10.5 Å². The van der Waals surface area contributed by atoms with Gasteiger partial charge in [-0.25, -0.2) is 4.79 Å². The van der Waals surface area contributed by atoms with Crippen molar-refractivity contribution >= 4 is 40.8 Å². The van der Waals surface area contributed by atoms with Gasteiger partial charge in [-0.3, -0.25) is 9.69 Å².